The summed E-state index contributed by atoms with van der Waals surface area (Å²) in [6.07, 6.45) is 0. The highest BCUT2D eigenvalue weighted by Crippen LogP contribution is 2.27. The number of anilines is 1. The number of benzene rings is 1. The van der Waals surface area contributed by atoms with Crippen LogP contribution in [0.1, 0.15) is 33.3 Å². The van der Waals surface area contributed by atoms with E-state index in [-0.39, 0.29) is 5.41 Å². The van der Waals surface area contributed by atoms with E-state index in [1.165, 1.54) is 0 Å². The molecule has 0 aliphatic heterocycles. The molecule has 0 unspecified atom stereocenters. The highest BCUT2D eigenvalue weighted by atomic mass is 32.1. The van der Waals surface area contributed by atoms with Crippen LogP contribution in [0, 0.1) is 11.3 Å². The molecule has 0 aliphatic carbocycles. The quantitative estimate of drug-likeness (QED) is 0.821. The van der Waals surface area contributed by atoms with Gasteiger partial charge in [0, 0.05) is 11.9 Å². The summed E-state index contributed by atoms with van der Waals surface area (Å²) in [6, 6.07) is 10.00. The molecule has 0 radical (unpaired) electrons. The van der Waals surface area contributed by atoms with Crippen molar-refractivity contribution in [3.05, 3.63) is 35.9 Å². The predicted molar refractivity (Wildman–Crippen MR) is 94.7 cm³/mol. The molecule has 0 atom stereocenters. The molecule has 0 fully saturated rings. The van der Waals surface area contributed by atoms with Crippen LogP contribution < -0.4 is 11.1 Å². The Balaban J connectivity index is 2.37. The van der Waals surface area contributed by atoms with Crippen LogP contribution >= 0.6 is 12.2 Å². The Bertz CT molecular complexity index is 662. The lowest BCUT2D eigenvalue weighted by molar-refractivity contribution is 0.269. The smallest absolute Gasteiger partial charge is 0.136 e. The summed E-state index contributed by atoms with van der Waals surface area (Å²) in [5.74, 6) is 1.34. The minimum Gasteiger partial charge on any atom is -0.389 e. The van der Waals surface area contributed by atoms with Gasteiger partial charge in [-0.2, -0.15) is 0 Å². The van der Waals surface area contributed by atoms with Crippen LogP contribution in [0.15, 0.2) is 30.3 Å². The minimum atomic E-state index is 0.167. The molecule has 0 amide bonds. The molecule has 0 saturated carbocycles. The number of nitrogens with two attached hydrogens (primary N) is 1. The lowest BCUT2D eigenvalue weighted by Crippen LogP contribution is -2.29. The van der Waals surface area contributed by atoms with Gasteiger partial charge in [-0.15, -0.1) is 0 Å². The van der Waals surface area contributed by atoms with Gasteiger partial charge in [-0.3, -0.25) is 0 Å². The number of nitrogens with one attached hydrogen (secondary N) is 1. The first kappa shape index (κ1) is 15.7. The van der Waals surface area contributed by atoms with E-state index in [1.54, 1.807) is 0 Å². The highest BCUT2D eigenvalue weighted by Gasteiger charge is 2.22. The van der Waals surface area contributed by atoms with Gasteiger partial charge in [-0.25, -0.2) is 4.98 Å². The molecule has 0 spiro atoms. The second-order valence-electron chi connectivity index (χ2n) is 6.44. The maximum Gasteiger partial charge on any atom is 0.136 e. The first-order valence-corrected chi connectivity index (χ1v) is 7.65. The minimum absolute atomic E-state index is 0.167. The number of para-hydroxylation sites is 1. The number of fused-ring (bicyclic) bond motifs is 1. The standard InChI is InChI=1S/C17H23N3S/c1-11(2)17(3,4)10-19-16-13(15(18)21)9-12-7-5-6-8-14(12)20-16/h5-9,11H,10H2,1-4H3,(H2,18,21)(H,19,20). The summed E-state index contributed by atoms with van der Waals surface area (Å²) in [5.41, 5.74) is 7.78. The zero-order chi connectivity index (χ0) is 15.6. The normalized spacial score (nSPS) is 11.9. The molecule has 21 heavy (non-hydrogen) atoms. The lowest BCUT2D eigenvalue weighted by Gasteiger charge is -2.30. The summed E-state index contributed by atoms with van der Waals surface area (Å²) in [4.78, 5) is 5.05. The van der Waals surface area contributed by atoms with Gasteiger partial charge in [-0.05, 0) is 23.5 Å². The van der Waals surface area contributed by atoms with Crippen molar-refractivity contribution in [2.45, 2.75) is 27.7 Å². The van der Waals surface area contributed by atoms with Gasteiger partial charge in [0.2, 0.25) is 0 Å². The van der Waals surface area contributed by atoms with Crippen molar-refractivity contribution in [2.24, 2.45) is 17.1 Å². The van der Waals surface area contributed by atoms with E-state index in [0.717, 1.165) is 28.8 Å². The number of thiocarbonyl (C=S) groups is 1. The van der Waals surface area contributed by atoms with Crippen molar-refractivity contribution in [2.75, 3.05) is 11.9 Å². The predicted octanol–water partition coefficient (Wildman–Crippen LogP) is 3.96. The third-order valence-electron chi connectivity index (χ3n) is 4.26. The molecule has 3 N–H and O–H groups in total. The van der Waals surface area contributed by atoms with Crippen molar-refractivity contribution < 1.29 is 0 Å². The third kappa shape index (κ3) is 3.50. The van der Waals surface area contributed by atoms with E-state index >= 15 is 0 Å². The van der Waals surface area contributed by atoms with Crippen LogP contribution in [0.25, 0.3) is 10.9 Å². The largest absolute Gasteiger partial charge is 0.389 e. The Morgan fingerprint density at radius 2 is 2.00 bits per heavy atom. The molecule has 2 rings (SSSR count). The number of hydrogen-bond acceptors (Lipinski definition) is 3. The molecule has 1 aromatic carbocycles. The van der Waals surface area contributed by atoms with Crippen LogP contribution in [-0.4, -0.2) is 16.5 Å². The fourth-order valence-corrected chi connectivity index (χ4v) is 2.11. The number of pyridine rings is 1. The zero-order valence-electron chi connectivity index (χ0n) is 13.1. The summed E-state index contributed by atoms with van der Waals surface area (Å²) in [7, 11) is 0. The number of rotatable bonds is 5. The first-order valence-electron chi connectivity index (χ1n) is 7.25. The molecule has 0 bridgehead atoms. The SMILES string of the molecule is CC(C)C(C)(C)CNc1nc2ccccc2cc1C(N)=S. The zero-order valence-corrected chi connectivity index (χ0v) is 13.9. The van der Waals surface area contributed by atoms with E-state index in [2.05, 4.69) is 38.0 Å². The molecule has 1 aromatic heterocycles. The molecule has 0 saturated heterocycles. The van der Waals surface area contributed by atoms with Crippen LogP contribution in [0.3, 0.4) is 0 Å². The monoisotopic (exact) mass is 301 g/mol. The van der Waals surface area contributed by atoms with Crippen molar-refractivity contribution in [1.82, 2.24) is 4.98 Å². The topological polar surface area (TPSA) is 50.9 Å². The Kier molecular flexibility index (Phi) is 4.47. The molecule has 2 aromatic rings. The Morgan fingerprint density at radius 1 is 1.33 bits per heavy atom. The van der Waals surface area contributed by atoms with Gasteiger partial charge in [0.1, 0.15) is 10.8 Å². The van der Waals surface area contributed by atoms with E-state index in [0.29, 0.717) is 10.9 Å². The van der Waals surface area contributed by atoms with Gasteiger partial charge in [0.15, 0.2) is 0 Å². The van der Waals surface area contributed by atoms with Gasteiger partial charge >= 0.3 is 0 Å². The average molecular weight is 301 g/mol. The first-order chi connectivity index (χ1) is 9.81. The van der Waals surface area contributed by atoms with Crippen molar-refractivity contribution in [1.29, 1.82) is 0 Å². The van der Waals surface area contributed by atoms with Crippen LogP contribution in [0.5, 0.6) is 0 Å². The maximum atomic E-state index is 5.86. The molecule has 3 nitrogen and oxygen atoms in total. The fraction of sp³-hybridized carbons (Fsp3) is 0.412. The summed E-state index contributed by atoms with van der Waals surface area (Å²) in [6.45, 7) is 9.76. The Hall–Kier alpha value is -1.68. The van der Waals surface area contributed by atoms with E-state index in [4.69, 9.17) is 18.0 Å². The van der Waals surface area contributed by atoms with Crippen molar-refractivity contribution >= 4 is 33.9 Å². The second-order valence-corrected chi connectivity index (χ2v) is 6.88. The summed E-state index contributed by atoms with van der Waals surface area (Å²) >= 11 is 5.17. The molecule has 0 aliphatic rings. The van der Waals surface area contributed by atoms with Gasteiger partial charge in [0.25, 0.3) is 0 Å². The molecule has 4 heteroatoms. The van der Waals surface area contributed by atoms with Gasteiger partial charge in [0.05, 0.1) is 11.1 Å². The number of nitrogens with zero attached hydrogens (tertiary/aromatic N) is 1. The number of hydrogen-bond donors (Lipinski definition) is 2. The van der Waals surface area contributed by atoms with E-state index in [1.807, 2.05) is 30.3 Å². The van der Waals surface area contributed by atoms with Crippen LogP contribution in [0.4, 0.5) is 5.82 Å². The molecule has 1 heterocycles. The Morgan fingerprint density at radius 3 is 2.62 bits per heavy atom. The summed E-state index contributed by atoms with van der Waals surface area (Å²) < 4.78 is 0. The molecule has 112 valence electrons. The van der Waals surface area contributed by atoms with Crippen molar-refractivity contribution in [3.8, 4) is 0 Å². The third-order valence-corrected chi connectivity index (χ3v) is 4.48. The van der Waals surface area contributed by atoms with Crippen LogP contribution in [0.2, 0.25) is 0 Å². The highest BCUT2D eigenvalue weighted by molar-refractivity contribution is 7.80. The van der Waals surface area contributed by atoms with Crippen LogP contribution in [-0.2, 0) is 0 Å². The number of aromatic nitrogens is 1. The molecular weight excluding hydrogens is 278 g/mol. The van der Waals surface area contributed by atoms with E-state index < -0.39 is 0 Å². The van der Waals surface area contributed by atoms with Gasteiger partial charge in [-0.1, -0.05) is 58.1 Å². The van der Waals surface area contributed by atoms with Crippen molar-refractivity contribution in [3.63, 3.8) is 0 Å². The molecular formula is C17H23N3S. The summed E-state index contributed by atoms with van der Waals surface area (Å²) in [5, 5.41) is 4.48. The average Bonchev–Trinajstić information content (AvgIpc) is 2.43. The Labute approximate surface area is 132 Å². The second kappa shape index (κ2) is 5.98. The van der Waals surface area contributed by atoms with E-state index in [9.17, 15) is 0 Å². The lowest BCUT2D eigenvalue weighted by atomic mass is 9.81. The van der Waals surface area contributed by atoms with Gasteiger partial charge < -0.3 is 11.1 Å². The fourth-order valence-electron chi connectivity index (χ4n) is 1.95. The maximum absolute atomic E-state index is 5.86.